The van der Waals surface area contributed by atoms with Crippen molar-refractivity contribution in [1.29, 1.82) is 0 Å². The molecule has 0 fully saturated rings. The Morgan fingerprint density at radius 1 is 0.941 bits per heavy atom. The Kier molecular flexibility index (Phi) is 8.62. The summed E-state index contributed by atoms with van der Waals surface area (Å²) in [4.78, 5) is 24.1. The van der Waals surface area contributed by atoms with Gasteiger partial charge in [-0.2, -0.15) is 5.10 Å². The molecule has 176 valence electrons. The van der Waals surface area contributed by atoms with E-state index in [4.69, 9.17) is 14.2 Å². The highest BCUT2D eigenvalue weighted by molar-refractivity contribution is 6.39. The lowest BCUT2D eigenvalue weighted by Crippen LogP contribution is -2.32. The summed E-state index contributed by atoms with van der Waals surface area (Å²) in [5.74, 6) is 0.0597. The SMILES string of the molecule is CCOc1ccc(NC(=O)C(=O)NN=Cc2ccc(OCc3ccccc3C)c(OC)c2)cc1. The Hall–Kier alpha value is -4.33. The molecule has 8 nitrogen and oxygen atoms in total. The summed E-state index contributed by atoms with van der Waals surface area (Å²) >= 11 is 0. The van der Waals surface area contributed by atoms with Gasteiger partial charge < -0.3 is 19.5 Å². The number of methoxy groups -OCH3 is 1. The molecule has 0 atom stereocenters. The highest BCUT2D eigenvalue weighted by Gasteiger charge is 2.13. The summed E-state index contributed by atoms with van der Waals surface area (Å²) < 4.78 is 16.7. The fourth-order valence-electron chi connectivity index (χ4n) is 3.02. The van der Waals surface area contributed by atoms with Crippen LogP contribution in [0, 0.1) is 6.92 Å². The van der Waals surface area contributed by atoms with Crippen LogP contribution in [0.1, 0.15) is 23.6 Å². The van der Waals surface area contributed by atoms with Crippen molar-refractivity contribution in [2.24, 2.45) is 5.10 Å². The number of nitrogens with zero attached hydrogens (tertiary/aromatic N) is 1. The maximum absolute atomic E-state index is 12.1. The van der Waals surface area contributed by atoms with Crippen molar-refractivity contribution < 1.29 is 23.8 Å². The van der Waals surface area contributed by atoms with Gasteiger partial charge in [0.1, 0.15) is 12.4 Å². The summed E-state index contributed by atoms with van der Waals surface area (Å²) in [6.45, 7) is 4.87. The van der Waals surface area contributed by atoms with Crippen molar-refractivity contribution in [1.82, 2.24) is 5.43 Å². The number of hydrogen-bond acceptors (Lipinski definition) is 6. The maximum Gasteiger partial charge on any atom is 0.329 e. The maximum atomic E-state index is 12.1. The van der Waals surface area contributed by atoms with Crippen LogP contribution in [0.2, 0.25) is 0 Å². The molecule has 8 heteroatoms. The van der Waals surface area contributed by atoms with E-state index in [2.05, 4.69) is 15.8 Å². The molecular formula is C26H27N3O5. The van der Waals surface area contributed by atoms with E-state index in [0.717, 1.165) is 11.1 Å². The third-order valence-corrected chi connectivity index (χ3v) is 4.84. The summed E-state index contributed by atoms with van der Waals surface area (Å²) in [5, 5.41) is 6.35. The first-order valence-electron chi connectivity index (χ1n) is 10.7. The van der Waals surface area contributed by atoms with Crippen LogP contribution in [-0.2, 0) is 16.2 Å². The molecule has 0 spiro atoms. The third kappa shape index (κ3) is 6.83. The van der Waals surface area contributed by atoms with Crippen molar-refractivity contribution >= 4 is 23.7 Å². The van der Waals surface area contributed by atoms with Crippen LogP contribution >= 0.6 is 0 Å². The molecule has 0 aliphatic heterocycles. The van der Waals surface area contributed by atoms with Crippen LogP contribution < -0.4 is 25.0 Å². The van der Waals surface area contributed by atoms with Gasteiger partial charge in [-0.1, -0.05) is 24.3 Å². The van der Waals surface area contributed by atoms with Gasteiger partial charge in [0, 0.05) is 5.69 Å². The number of ether oxygens (including phenoxy) is 3. The minimum absolute atomic E-state index is 0.413. The van der Waals surface area contributed by atoms with Gasteiger partial charge in [-0.25, -0.2) is 5.43 Å². The summed E-state index contributed by atoms with van der Waals surface area (Å²) in [6, 6.07) is 20.0. The number of amides is 2. The largest absolute Gasteiger partial charge is 0.494 e. The van der Waals surface area contributed by atoms with E-state index in [-0.39, 0.29) is 0 Å². The number of hydrazone groups is 1. The standard InChI is InChI=1S/C26H27N3O5/c1-4-33-22-12-10-21(11-13-22)28-25(30)26(31)29-27-16-19-9-14-23(24(15-19)32-3)34-17-20-8-6-5-7-18(20)2/h5-16H,4,17H2,1-3H3,(H,28,30)(H,29,31). The first kappa shape index (κ1) is 24.3. The average molecular weight is 462 g/mol. The van der Waals surface area contributed by atoms with E-state index in [1.54, 1.807) is 49.6 Å². The van der Waals surface area contributed by atoms with Gasteiger partial charge in [-0.05, 0) is 73.0 Å². The first-order valence-corrected chi connectivity index (χ1v) is 10.7. The highest BCUT2D eigenvalue weighted by atomic mass is 16.5. The summed E-state index contributed by atoms with van der Waals surface area (Å²) in [5.41, 5.74) is 5.57. The van der Waals surface area contributed by atoms with Gasteiger partial charge in [0.05, 0.1) is 19.9 Å². The molecular weight excluding hydrogens is 434 g/mol. The number of carbonyl (C=O) groups excluding carboxylic acids is 2. The summed E-state index contributed by atoms with van der Waals surface area (Å²) in [7, 11) is 1.55. The normalized spacial score (nSPS) is 10.6. The van der Waals surface area contributed by atoms with Gasteiger partial charge in [0.25, 0.3) is 0 Å². The molecule has 0 saturated heterocycles. The van der Waals surface area contributed by atoms with E-state index in [0.29, 0.717) is 41.7 Å². The Balaban J connectivity index is 1.54. The highest BCUT2D eigenvalue weighted by Crippen LogP contribution is 2.28. The monoisotopic (exact) mass is 461 g/mol. The molecule has 0 aliphatic carbocycles. The molecule has 2 amide bonds. The zero-order valence-corrected chi connectivity index (χ0v) is 19.3. The lowest BCUT2D eigenvalue weighted by atomic mass is 10.1. The zero-order valence-electron chi connectivity index (χ0n) is 19.3. The second-order valence-electron chi connectivity index (χ2n) is 7.24. The minimum atomic E-state index is -0.893. The van der Waals surface area contributed by atoms with Gasteiger partial charge >= 0.3 is 11.8 Å². The molecule has 0 aromatic heterocycles. The van der Waals surface area contributed by atoms with Crippen LogP contribution in [0.3, 0.4) is 0 Å². The fraction of sp³-hybridized carbons (Fsp3) is 0.192. The van der Waals surface area contributed by atoms with E-state index >= 15 is 0 Å². The average Bonchev–Trinajstić information content (AvgIpc) is 2.85. The lowest BCUT2D eigenvalue weighted by Gasteiger charge is -2.12. The molecule has 3 aromatic carbocycles. The van der Waals surface area contributed by atoms with E-state index in [1.807, 2.05) is 38.1 Å². The smallest absolute Gasteiger partial charge is 0.329 e. The quantitative estimate of drug-likeness (QED) is 0.284. The number of hydrogen-bond donors (Lipinski definition) is 2. The van der Waals surface area contributed by atoms with Crippen molar-refractivity contribution in [3.63, 3.8) is 0 Å². The Morgan fingerprint density at radius 3 is 2.41 bits per heavy atom. The van der Waals surface area contributed by atoms with Gasteiger partial charge in [-0.3, -0.25) is 9.59 Å². The molecule has 0 heterocycles. The molecule has 34 heavy (non-hydrogen) atoms. The molecule has 0 unspecified atom stereocenters. The van der Waals surface area contributed by atoms with Crippen molar-refractivity contribution in [3.05, 3.63) is 83.4 Å². The van der Waals surface area contributed by atoms with Crippen LogP contribution in [0.15, 0.2) is 71.8 Å². The lowest BCUT2D eigenvalue weighted by molar-refractivity contribution is -0.136. The minimum Gasteiger partial charge on any atom is -0.494 e. The molecule has 0 saturated carbocycles. The number of nitrogens with one attached hydrogen (secondary N) is 2. The van der Waals surface area contributed by atoms with Crippen LogP contribution in [-0.4, -0.2) is 31.7 Å². The molecule has 3 aromatic rings. The first-order chi connectivity index (χ1) is 16.5. The predicted octanol–water partition coefficient (Wildman–Crippen LogP) is 4.07. The van der Waals surface area contributed by atoms with E-state index in [9.17, 15) is 9.59 Å². The molecule has 0 bridgehead atoms. The number of rotatable bonds is 9. The Labute approximate surface area is 198 Å². The molecule has 2 N–H and O–H groups in total. The number of carbonyl (C=O) groups is 2. The third-order valence-electron chi connectivity index (χ3n) is 4.84. The van der Waals surface area contributed by atoms with Gasteiger partial charge in [0.15, 0.2) is 11.5 Å². The predicted molar refractivity (Wildman–Crippen MR) is 130 cm³/mol. The van der Waals surface area contributed by atoms with Crippen molar-refractivity contribution in [3.8, 4) is 17.2 Å². The topological polar surface area (TPSA) is 98.2 Å². The van der Waals surface area contributed by atoms with Gasteiger partial charge in [0.2, 0.25) is 0 Å². The van der Waals surface area contributed by atoms with Crippen molar-refractivity contribution in [2.45, 2.75) is 20.5 Å². The Bertz CT molecular complexity index is 1160. The number of benzene rings is 3. The fourth-order valence-corrected chi connectivity index (χ4v) is 3.02. The zero-order chi connectivity index (χ0) is 24.3. The summed E-state index contributed by atoms with van der Waals surface area (Å²) in [6.07, 6.45) is 1.41. The van der Waals surface area contributed by atoms with Crippen LogP contribution in [0.5, 0.6) is 17.2 Å². The number of aryl methyl sites for hydroxylation is 1. The second-order valence-corrected chi connectivity index (χ2v) is 7.24. The molecule has 0 radical (unpaired) electrons. The number of anilines is 1. The van der Waals surface area contributed by atoms with E-state index < -0.39 is 11.8 Å². The van der Waals surface area contributed by atoms with Gasteiger partial charge in [-0.15, -0.1) is 0 Å². The molecule has 0 aliphatic rings. The van der Waals surface area contributed by atoms with Crippen LogP contribution in [0.25, 0.3) is 0 Å². The van der Waals surface area contributed by atoms with Crippen molar-refractivity contribution in [2.75, 3.05) is 19.0 Å². The Morgan fingerprint density at radius 2 is 1.71 bits per heavy atom. The molecule has 3 rings (SSSR count). The van der Waals surface area contributed by atoms with Crippen LogP contribution in [0.4, 0.5) is 5.69 Å². The van der Waals surface area contributed by atoms with E-state index in [1.165, 1.54) is 6.21 Å². The second kappa shape index (κ2) is 12.1.